The lowest BCUT2D eigenvalue weighted by Crippen LogP contribution is -2.03. The molecule has 0 saturated carbocycles. The van der Waals surface area contributed by atoms with Crippen LogP contribution in [0.25, 0.3) is 72.2 Å². The fourth-order valence-electron chi connectivity index (χ4n) is 6.96. The lowest BCUT2D eigenvalue weighted by atomic mass is 10.1. The number of fused-ring (bicyclic) bond motifs is 8. The molecule has 49 heavy (non-hydrogen) atoms. The highest BCUT2D eigenvalue weighted by atomic mass is 16.6. The van der Waals surface area contributed by atoms with E-state index in [-0.39, 0.29) is 0 Å². The van der Waals surface area contributed by atoms with Crippen LogP contribution in [0.4, 0.5) is 0 Å². The Kier molecular flexibility index (Phi) is 6.11. The maximum Gasteiger partial charge on any atom is 0.194 e. The van der Waals surface area contributed by atoms with E-state index in [1.165, 1.54) is 0 Å². The van der Waals surface area contributed by atoms with Crippen LogP contribution in [0.1, 0.15) is 0 Å². The maximum atomic E-state index is 6.87. The Labute approximate surface area is 282 Å². The number of benzene rings is 7. The average Bonchev–Trinajstić information content (AvgIpc) is 3.52. The summed E-state index contributed by atoms with van der Waals surface area (Å²) in [7, 11) is 0. The molecule has 3 heterocycles. The van der Waals surface area contributed by atoms with Crippen LogP contribution in [-0.2, 0) is 0 Å². The normalized spacial score (nSPS) is 12.0. The highest BCUT2D eigenvalue weighted by Gasteiger charge is 2.27. The molecule has 0 spiro atoms. The molecule has 2 aromatic heterocycles. The fourth-order valence-corrected chi connectivity index (χ4v) is 6.96. The van der Waals surface area contributed by atoms with Crippen molar-refractivity contribution in [3.8, 4) is 62.6 Å². The summed E-state index contributed by atoms with van der Waals surface area (Å²) in [5.41, 5.74) is 7.73. The zero-order valence-electron chi connectivity index (χ0n) is 26.2. The first-order chi connectivity index (χ1) is 24.3. The molecule has 0 radical (unpaired) electrons. The fraction of sp³-hybridized carbons (Fsp3) is 0. The molecule has 0 bridgehead atoms. The molecule has 0 aliphatic carbocycles. The second-order valence-electron chi connectivity index (χ2n) is 12.2. The van der Waals surface area contributed by atoms with Gasteiger partial charge in [0.1, 0.15) is 5.52 Å². The van der Waals surface area contributed by atoms with Gasteiger partial charge in [0, 0.05) is 38.5 Å². The van der Waals surface area contributed by atoms with Gasteiger partial charge in [-0.25, -0.2) is 9.97 Å². The van der Waals surface area contributed by atoms with Crippen molar-refractivity contribution in [1.29, 1.82) is 0 Å². The van der Waals surface area contributed by atoms with Gasteiger partial charge in [-0.1, -0.05) is 121 Å². The van der Waals surface area contributed by atoms with Gasteiger partial charge in [0.05, 0.1) is 16.9 Å². The van der Waals surface area contributed by atoms with Crippen molar-refractivity contribution in [2.75, 3.05) is 0 Å². The number of hydrogen-bond donors (Lipinski definition) is 0. The molecule has 5 heteroatoms. The minimum absolute atomic E-state index is 0.685. The van der Waals surface area contributed by atoms with Crippen LogP contribution in [0.2, 0.25) is 0 Å². The van der Waals surface area contributed by atoms with Gasteiger partial charge in [0.25, 0.3) is 0 Å². The Bertz CT molecular complexity index is 2660. The molecule has 0 unspecified atom stereocenters. The number of hydrogen-bond acceptors (Lipinski definition) is 4. The summed E-state index contributed by atoms with van der Waals surface area (Å²) in [4.78, 5) is 10.1. The third-order valence-corrected chi connectivity index (χ3v) is 9.25. The van der Waals surface area contributed by atoms with Crippen molar-refractivity contribution in [3.05, 3.63) is 164 Å². The topological polar surface area (TPSA) is 49.2 Å². The predicted octanol–water partition coefficient (Wildman–Crippen LogP) is 11.6. The number of ether oxygens (including phenoxy) is 2. The Morgan fingerprint density at radius 2 is 1.08 bits per heavy atom. The summed E-state index contributed by atoms with van der Waals surface area (Å²) in [6, 6.07) is 56.0. The van der Waals surface area contributed by atoms with Gasteiger partial charge in [-0.3, -0.25) is 0 Å². The molecular weight excluding hydrogens is 603 g/mol. The number of aromatic nitrogens is 3. The molecular formula is C44H27N3O2. The summed E-state index contributed by atoms with van der Waals surface area (Å²) >= 11 is 0. The van der Waals surface area contributed by atoms with Crippen LogP contribution in [-0.4, -0.2) is 14.5 Å². The Balaban J connectivity index is 1.19. The van der Waals surface area contributed by atoms with Gasteiger partial charge in [-0.2, -0.15) is 0 Å². The Morgan fingerprint density at radius 3 is 1.92 bits per heavy atom. The van der Waals surface area contributed by atoms with E-state index in [1.807, 2.05) is 60.7 Å². The predicted molar refractivity (Wildman–Crippen MR) is 197 cm³/mol. The molecule has 9 aromatic rings. The summed E-state index contributed by atoms with van der Waals surface area (Å²) in [5, 5.41) is 4.34. The third kappa shape index (κ3) is 4.48. The minimum atomic E-state index is 0.685. The van der Waals surface area contributed by atoms with Crippen molar-refractivity contribution in [2.24, 2.45) is 0 Å². The van der Waals surface area contributed by atoms with Crippen molar-refractivity contribution in [2.45, 2.75) is 0 Å². The van der Waals surface area contributed by atoms with E-state index in [4.69, 9.17) is 19.4 Å². The van der Waals surface area contributed by atoms with Gasteiger partial charge in [-0.15, -0.1) is 0 Å². The molecule has 0 atom stereocenters. The van der Waals surface area contributed by atoms with Gasteiger partial charge >= 0.3 is 0 Å². The number of para-hydroxylation sites is 1. The summed E-state index contributed by atoms with van der Waals surface area (Å²) in [6.07, 6.45) is 0. The van der Waals surface area contributed by atoms with Crippen LogP contribution in [0.3, 0.4) is 0 Å². The zero-order chi connectivity index (χ0) is 32.3. The van der Waals surface area contributed by atoms with E-state index < -0.39 is 0 Å². The van der Waals surface area contributed by atoms with Crippen LogP contribution in [0.15, 0.2) is 164 Å². The summed E-state index contributed by atoms with van der Waals surface area (Å²) < 4.78 is 15.7. The molecule has 7 aromatic carbocycles. The van der Waals surface area contributed by atoms with E-state index in [9.17, 15) is 0 Å². The Hall–Kier alpha value is -6.72. The first-order valence-corrected chi connectivity index (χ1v) is 16.3. The van der Waals surface area contributed by atoms with Crippen LogP contribution in [0.5, 0.6) is 23.0 Å². The standard InChI is InChI=1S/C44H27N3O2/c1-3-13-29(14-4-1)36-27-37(46-44(45-36)30-15-5-2-6-16-30)31-17-11-18-32(26-31)47-38-21-10-9-20-34(38)35-23-25-40-43(41(35)47)49-42-33-19-8-7-12-28(33)22-24-39(42)48-40/h1-27H. The Morgan fingerprint density at radius 1 is 0.429 bits per heavy atom. The SMILES string of the molecule is c1ccc(-c2cc(-c3cccc(-n4c5ccccc5c5ccc6c(c54)Oc4c(ccc5ccccc45)O6)c3)nc(-c3ccccc3)n2)cc1. The second kappa shape index (κ2) is 10.9. The largest absolute Gasteiger partial charge is 0.449 e. The molecule has 230 valence electrons. The molecule has 0 saturated heterocycles. The molecule has 0 fully saturated rings. The zero-order valence-corrected chi connectivity index (χ0v) is 26.2. The number of nitrogens with zero attached hydrogens (tertiary/aromatic N) is 3. The van der Waals surface area contributed by atoms with Crippen molar-refractivity contribution in [3.63, 3.8) is 0 Å². The summed E-state index contributed by atoms with van der Waals surface area (Å²) in [6.45, 7) is 0. The second-order valence-corrected chi connectivity index (χ2v) is 12.2. The average molecular weight is 630 g/mol. The lowest BCUT2D eigenvalue weighted by molar-refractivity contribution is 0.366. The molecule has 1 aliphatic rings. The first kappa shape index (κ1) is 27.4. The molecule has 0 amide bonds. The van der Waals surface area contributed by atoms with Gasteiger partial charge in [0.15, 0.2) is 28.8 Å². The van der Waals surface area contributed by atoms with E-state index in [2.05, 4.69) is 108 Å². The maximum absolute atomic E-state index is 6.87. The molecule has 10 rings (SSSR count). The van der Waals surface area contributed by atoms with Crippen LogP contribution >= 0.6 is 0 Å². The van der Waals surface area contributed by atoms with Crippen LogP contribution in [0, 0.1) is 0 Å². The van der Waals surface area contributed by atoms with Crippen LogP contribution < -0.4 is 9.47 Å². The van der Waals surface area contributed by atoms with Gasteiger partial charge in [0.2, 0.25) is 0 Å². The number of rotatable bonds is 4. The highest BCUT2D eigenvalue weighted by Crippen LogP contribution is 2.53. The van der Waals surface area contributed by atoms with Crippen molar-refractivity contribution >= 4 is 32.6 Å². The van der Waals surface area contributed by atoms with E-state index in [0.717, 1.165) is 72.1 Å². The van der Waals surface area contributed by atoms with Gasteiger partial charge < -0.3 is 14.0 Å². The smallest absolute Gasteiger partial charge is 0.194 e. The molecule has 0 N–H and O–H groups in total. The molecule has 5 nitrogen and oxygen atoms in total. The van der Waals surface area contributed by atoms with E-state index in [0.29, 0.717) is 23.1 Å². The van der Waals surface area contributed by atoms with Gasteiger partial charge in [-0.05, 0) is 47.9 Å². The summed E-state index contributed by atoms with van der Waals surface area (Å²) in [5.74, 6) is 3.51. The van der Waals surface area contributed by atoms with Crippen molar-refractivity contribution < 1.29 is 9.47 Å². The van der Waals surface area contributed by atoms with E-state index >= 15 is 0 Å². The van der Waals surface area contributed by atoms with Crippen molar-refractivity contribution in [1.82, 2.24) is 14.5 Å². The quantitative estimate of drug-likeness (QED) is 0.194. The first-order valence-electron chi connectivity index (χ1n) is 16.3. The monoisotopic (exact) mass is 629 g/mol. The third-order valence-electron chi connectivity index (χ3n) is 9.25. The lowest BCUT2D eigenvalue weighted by Gasteiger charge is -2.23. The highest BCUT2D eigenvalue weighted by molar-refractivity contribution is 6.12. The van der Waals surface area contributed by atoms with E-state index in [1.54, 1.807) is 0 Å². The molecule has 1 aliphatic heterocycles. The minimum Gasteiger partial charge on any atom is -0.449 e.